The number of methoxy groups -OCH3 is 1. The number of amides is 1. The second-order valence-corrected chi connectivity index (χ2v) is 3.76. The van der Waals surface area contributed by atoms with E-state index in [4.69, 9.17) is 4.74 Å². The van der Waals surface area contributed by atoms with Crippen molar-refractivity contribution in [3.63, 3.8) is 0 Å². The molecule has 0 aliphatic heterocycles. The first-order valence-electron chi connectivity index (χ1n) is 5.39. The van der Waals surface area contributed by atoms with Crippen LogP contribution in [0.4, 0.5) is 19.1 Å². The van der Waals surface area contributed by atoms with Crippen LogP contribution < -0.4 is 10.1 Å². The number of rotatable bonds is 3. The second-order valence-electron chi connectivity index (χ2n) is 3.76. The minimum atomic E-state index is -4.62. The number of aromatic nitrogens is 1. The summed E-state index contributed by atoms with van der Waals surface area (Å²) >= 11 is 0. The highest BCUT2D eigenvalue weighted by Crippen LogP contribution is 2.29. The summed E-state index contributed by atoms with van der Waals surface area (Å²) in [6.07, 6.45) is -4.62. The molecule has 0 unspecified atom stereocenters. The van der Waals surface area contributed by atoms with Gasteiger partial charge in [0, 0.05) is 11.6 Å². The maximum atomic E-state index is 12.3. The lowest BCUT2D eigenvalue weighted by Crippen LogP contribution is -2.11. The highest BCUT2D eigenvalue weighted by Gasteiger charge is 2.35. The Bertz CT molecular complexity index is 605. The molecule has 0 saturated carbocycles. The van der Waals surface area contributed by atoms with Crippen LogP contribution in [0.15, 0.2) is 34.9 Å². The molecule has 0 saturated heterocycles. The van der Waals surface area contributed by atoms with Crippen LogP contribution in [0.5, 0.6) is 5.75 Å². The van der Waals surface area contributed by atoms with Crippen molar-refractivity contribution in [3.8, 4) is 5.75 Å². The summed E-state index contributed by atoms with van der Waals surface area (Å²) in [5.41, 5.74) is -0.960. The smallest absolute Gasteiger partial charge is 0.436 e. The zero-order valence-electron chi connectivity index (χ0n) is 10.2. The summed E-state index contributed by atoms with van der Waals surface area (Å²) in [7, 11) is 1.47. The van der Waals surface area contributed by atoms with Crippen LogP contribution in [0, 0.1) is 0 Å². The van der Waals surface area contributed by atoms with Gasteiger partial charge in [-0.25, -0.2) is 0 Å². The zero-order valence-corrected chi connectivity index (χ0v) is 10.2. The van der Waals surface area contributed by atoms with Gasteiger partial charge in [0.2, 0.25) is 5.88 Å². The van der Waals surface area contributed by atoms with E-state index >= 15 is 0 Å². The molecule has 1 amide bonds. The van der Waals surface area contributed by atoms with E-state index in [1.54, 1.807) is 12.1 Å². The number of hydrogen-bond donors (Lipinski definition) is 1. The molecule has 1 N–H and O–H groups in total. The quantitative estimate of drug-likeness (QED) is 0.942. The van der Waals surface area contributed by atoms with Gasteiger partial charge in [0.1, 0.15) is 5.75 Å². The van der Waals surface area contributed by atoms with Crippen molar-refractivity contribution in [2.24, 2.45) is 0 Å². The van der Waals surface area contributed by atoms with Gasteiger partial charge in [0.25, 0.3) is 5.91 Å². The fraction of sp³-hybridized carbons (Fsp3) is 0.167. The lowest BCUT2D eigenvalue weighted by molar-refractivity contribution is -0.142. The highest BCUT2D eigenvalue weighted by atomic mass is 19.4. The number of benzene rings is 1. The van der Waals surface area contributed by atoms with Crippen molar-refractivity contribution in [1.82, 2.24) is 5.16 Å². The third kappa shape index (κ3) is 3.08. The molecule has 0 fully saturated rings. The molecule has 2 rings (SSSR count). The van der Waals surface area contributed by atoms with E-state index < -0.39 is 17.8 Å². The minimum Gasteiger partial charge on any atom is -0.497 e. The summed E-state index contributed by atoms with van der Waals surface area (Å²) in [5.74, 6) is -0.434. The van der Waals surface area contributed by atoms with Gasteiger partial charge in [-0.1, -0.05) is 5.16 Å². The van der Waals surface area contributed by atoms with Crippen LogP contribution in [-0.4, -0.2) is 18.2 Å². The van der Waals surface area contributed by atoms with Crippen LogP contribution in [-0.2, 0) is 6.18 Å². The van der Waals surface area contributed by atoms with Crippen LogP contribution in [0.25, 0.3) is 0 Å². The number of ether oxygens (including phenoxy) is 1. The molecule has 1 heterocycles. The van der Waals surface area contributed by atoms with E-state index in [-0.39, 0.29) is 11.4 Å². The Morgan fingerprint density at radius 1 is 1.30 bits per heavy atom. The fourth-order valence-corrected chi connectivity index (χ4v) is 1.39. The first kappa shape index (κ1) is 13.9. The molecular weight excluding hydrogens is 277 g/mol. The summed E-state index contributed by atoms with van der Waals surface area (Å²) in [6, 6.07) is 6.65. The third-order valence-electron chi connectivity index (χ3n) is 2.39. The monoisotopic (exact) mass is 286 g/mol. The lowest BCUT2D eigenvalue weighted by atomic mass is 10.2. The van der Waals surface area contributed by atoms with Crippen LogP contribution in [0.2, 0.25) is 0 Å². The molecule has 0 bridgehead atoms. The molecule has 2 aromatic rings. The summed E-state index contributed by atoms with van der Waals surface area (Å²) in [5, 5.41) is 5.01. The van der Waals surface area contributed by atoms with Gasteiger partial charge in [0.15, 0.2) is 5.69 Å². The van der Waals surface area contributed by atoms with Gasteiger partial charge in [-0.2, -0.15) is 13.2 Å². The summed E-state index contributed by atoms with van der Waals surface area (Å²) in [6.45, 7) is 0. The lowest BCUT2D eigenvalue weighted by Gasteiger charge is -2.02. The molecule has 0 spiro atoms. The van der Waals surface area contributed by atoms with E-state index in [2.05, 4.69) is 15.0 Å². The van der Waals surface area contributed by atoms with Crippen molar-refractivity contribution in [2.45, 2.75) is 6.18 Å². The molecule has 0 aliphatic carbocycles. The molecule has 8 heteroatoms. The number of halogens is 3. The SMILES string of the molecule is COc1ccc(C(=O)Nc2cc(C(F)(F)F)no2)cc1. The Morgan fingerprint density at radius 2 is 1.95 bits per heavy atom. The van der Waals surface area contributed by atoms with Gasteiger partial charge >= 0.3 is 6.18 Å². The predicted octanol–water partition coefficient (Wildman–Crippen LogP) is 2.95. The van der Waals surface area contributed by atoms with Crippen LogP contribution in [0.1, 0.15) is 16.1 Å². The molecule has 1 aromatic carbocycles. The average molecular weight is 286 g/mol. The Kier molecular flexibility index (Phi) is 3.64. The minimum absolute atomic E-state index is 0.246. The van der Waals surface area contributed by atoms with E-state index in [9.17, 15) is 18.0 Å². The number of hydrogen-bond acceptors (Lipinski definition) is 4. The van der Waals surface area contributed by atoms with Crippen molar-refractivity contribution < 1.29 is 27.2 Å². The van der Waals surface area contributed by atoms with E-state index in [1.165, 1.54) is 19.2 Å². The standard InChI is InChI=1S/C12H9F3N2O3/c1-19-8-4-2-7(3-5-8)11(18)16-10-6-9(17-20-10)12(13,14)15/h2-6H,1H3,(H,16,18). The largest absolute Gasteiger partial charge is 0.497 e. The number of carbonyl (C=O) groups is 1. The topological polar surface area (TPSA) is 64.4 Å². The molecule has 0 radical (unpaired) electrons. The maximum Gasteiger partial charge on any atom is 0.436 e. The van der Waals surface area contributed by atoms with Crippen molar-refractivity contribution in [2.75, 3.05) is 12.4 Å². The second kappa shape index (κ2) is 5.24. The van der Waals surface area contributed by atoms with E-state index in [0.29, 0.717) is 11.8 Å². The number of carbonyl (C=O) groups excluding carboxylic acids is 1. The predicted molar refractivity (Wildman–Crippen MR) is 62.5 cm³/mol. The van der Waals surface area contributed by atoms with Crippen molar-refractivity contribution in [3.05, 3.63) is 41.6 Å². The number of anilines is 1. The maximum absolute atomic E-state index is 12.3. The van der Waals surface area contributed by atoms with Crippen molar-refractivity contribution in [1.29, 1.82) is 0 Å². The molecule has 1 aromatic heterocycles. The first-order chi connectivity index (χ1) is 9.40. The molecule has 106 valence electrons. The number of alkyl halides is 3. The van der Waals surface area contributed by atoms with Gasteiger partial charge in [-0.3, -0.25) is 10.1 Å². The van der Waals surface area contributed by atoms with Crippen LogP contribution in [0.3, 0.4) is 0 Å². The third-order valence-corrected chi connectivity index (χ3v) is 2.39. The fourth-order valence-electron chi connectivity index (χ4n) is 1.39. The zero-order chi connectivity index (χ0) is 14.8. The normalized spacial score (nSPS) is 11.2. The van der Waals surface area contributed by atoms with Gasteiger partial charge < -0.3 is 9.26 Å². The highest BCUT2D eigenvalue weighted by molar-refractivity contribution is 6.03. The summed E-state index contributed by atoms with van der Waals surface area (Å²) in [4.78, 5) is 11.8. The molecule has 0 atom stereocenters. The first-order valence-corrected chi connectivity index (χ1v) is 5.39. The van der Waals surface area contributed by atoms with E-state index in [0.717, 1.165) is 0 Å². The number of nitrogens with zero attached hydrogens (tertiary/aromatic N) is 1. The Labute approximate surface area is 111 Å². The molecule has 5 nitrogen and oxygen atoms in total. The van der Waals surface area contributed by atoms with Gasteiger partial charge in [-0.15, -0.1) is 0 Å². The molecule has 20 heavy (non-hydrogen) atoms. The average Bonchev–Trinajstić information content (AvgIpc) is 2.87. The Morgan fingerprint density at radius 3 is 2.45 bits per heavy atom. The molecular formula is C12H9F3N2O3. The van der Waals surface area contributed by atoms with Crippen LogP contribution >= 0.6 is 0 Å². The van der Waals surface area contributed by atoms with Crippen molar-refractivity contribution >= 4 is 11.8 Å². The van der Waals surface area contributed by atoms with Gasteiger partial charge in [0.05, 0.1) is 7.11 Å². The summed E-state index contributed by atoms with van der Waals surface area (Å²) < 4.78 is 46.2. The Hall–Kier alpha value is -2.51. The molecule has 0 aliphatic rings. The number of nitrogens with one attached hydrogen (secondary N) is 1. The Balaban J connectivity index is 2.09. The van der Waals surface area contributed by atoms with Gasteiger partial charge in [-0.05, 0) is 24.3 Å². The van der Waals surface area contributed by atoms with E-state index in [1.807, 2.05) is 0 Å².